The van der Waals surface area contributed by atoms with Crippen molar-refractivity contribution in [3.8, 4) is 0 Å². The second-order valence-corrected chi connectivity index (χ2v) is 5.98. The van der Waals surface area contributed by atoms with Crippen molar-refractivity contribution in [3.05, 3.63) is 30.1 Å². The average Bonchev–Trinajstić information content (AvgIpc) is 2.37. The van der Waals surface area contributed by atoms with Gasteiger partial charge in [-0.05, 0) is 31.2 Å². The fourth-order valence-corrected chi connectivity index (χ4v) is 2.65. The molecule has 0 aliphatic heterocycles. The molecule has 8 heteroatoms. The molecule has 0 radical (unpaired) electrons. The van der Waals surface area contributed by atoms with Gasteiger partial charge in [0, 0.05) is 0 Å². The standard InChI is InChI=1S/C10H11FN2O4S/c1-10(6-14,9(15)13-12)18(16,17)8-4-2-7(11)3-5-8/h2-6H,12H2,1H3,(H,13,15). The highest BCUT2D eigenvalue weighted by atomic mass is 32.2. The van der Waals surface area contributed by atoms with Gasteiger partial charge in [-0.25, -0.2) is 18.7 Å². The van der Waals surface area contributed by atoms with Gasteiger partial charge in [0.1, 0.15) is 5.82 Å². The number of rotatable bonds is 4. The minimum atomic E-state index is -4.31. The summed E-state index contributed by atoms with van der Waals surface area (Å²) < 4.78 is 34.6. The lowest BCUT2D eigenvalue weighted by molar-refractivity contribution is -0.126. The zero-order valence-electron chi connectivity index (χ0n) is 9.38. The summed E-state index contributed by atoms with van der Waals surface area (Å²) in [4.78, 5) is 22.0. The van der Waals surface area contributed by atoms with Gasteiger partial charge in [0.15, 0.2) is 16.1 Å². The van der Waals surface area contributed by atoms with Gasteiger partial charge >= 0.3 is 0 Å². The third-order valence-corrected chi connectivity index (χ3v) is 4.78. The van der Waals surface area contributed by atoms with Crippen LogP contribution in [0.15, 0.2) is 29.2 Å². The molecule has 0 aromatic heterocycles. The van der Waals surface area contributed by atoms with Crippen LogP contribution in [0.2, 0.25) is 0 Å². The third kappa shape index (κ3) is 2.12. The van der Waals surface area contributed by atoms with Gasteiger partial charge in [-0.2, -0.15) is 0 Å². The monoisotopic (exact) mass is 274 g/mol. The van der Waals surface area contributed by atoms with Crippen LogP contribution in [-0.4, -0.2) is 25.4 Å². The Hall–Kier alpha value is -1.80. The first kappa shape index (κ1) is 14.3. The second kappa shape index (κ2) is 4.83. The lowest BCUT2D eigenvalue weighted by Crippen LogP contribution is -2.53. The first-order valence-corrected chi connectivity index (χ1v) is 6.25. The van der Waals surface area contributed by atoms with Crippen LogP contribution in [0.1, 0.15) is 6.92 Å². The molecule has 0 aliphatic carbocycles. The molecule has 0 bridgehead atoms. The van der Waals surface area contributed by atoms with Crippen molar-refractivity contribution in [2.75, 3.05) is 0 Å². The molecule has 18 heavy (non-hydrogen) atoms. The molecule has 98 valence electrons. The maximum Gasteiger partial charge on any atom is 0.262 e. The van der Waals surface area contributed by atoms with Crippen LogP contribution >= 0.6 is 0 Å². The minimum Gasteiger partial charge on any atom is -0.301 e. The van der Waals surface area contributed by atoms with E-state index in [0.717, 1.165) is 31.2 Å². The minimum absolute atomic E-state index is 0.0200. The SMILES string of the molecule is CC(C=O)(C(=O)NN)S(=O)(=O)c1ccc(F)cc1. The Labute approximate surface area is 103 Å². The van der Waals surface area contributed by atoms with Crippen molar-refractivity contribution >= 4 is 22.0 Å². The molecule has 1 aromatic carbocycles. The molecule has 0 saturated carbocycles. The molecule has 0 aliphatic rings. The van der Waals surface area contributed by atoms with Gasteiger partial charge < -0.3 is 4.79 Å². The highest BCUT2D eigenvalue weighted by molar-refractivity contribution is 7.94. The fraction of sp³-hybridized carbons (Fsp3) is 0.200. The first-order chi connectivity index (χ1) is 8.29. The highest BCUT2D eigenvalue weighted by Crippen LogP contribution is 2.24. The lowest BCUT2D eigenvalue weighted by atomic mass is 10.2. The number of halogens is 1. The predicted octanol–water partition coefficient (Wildman–Crippen LogP) is -0.453. The summed E-state index contributed by atoms with van der Waals surface area (Å²) >= 11 is 0. The topological polar surface area (TPSA) is 106 Å². The number of sulfone groups is 1. The number of hydrogen-bond acceptors (Lipinski definition) is 5. The summed E-state index contributed by atoms with van der Waals surface area (Å²) in [7, 11) is -4.31. The Kier molecular flexibility index (Phi) is 3.82. The smallest absolute Gasteiger partial charge is 0.262 e. The van der Waals surface area contributed by atoms with Gasteiger partial charge in [0.2, 0.25) is 4.75 Å². The Morgan fingerprint density at radius 1 is 1.39 bits per heavy atom. The molecular formula is C10H11FN2O4S. The number of carbonyl (C=O) groups is 2. The molecule has 0 spiro atoms. The number of aldehydes is 1. The van der Waals surface area contributed by atoms with Crippen LogP contribution in [0, 0.1) is 5.82 Å². The highest BCUT2D eigenvalue weighted by Gasteiger charge is 2.47. The summed E-state index contributed by atoms with van der Waals surface area (Å²) in [6, 6.07) is 3.77. The van der Waals surface area contributed by atoms with Gasteiger partial charge in [-0.3, -0.25) is 10.2 Å². The van der Waals surface area contributed by atoms with E-state index in [-0.39, 0.29) is 11.2 Å². The summed E-state index contributed by atoms with van der Waals surface area (Å²) in [5.41, 5.74) is 1.62. The van der Waals surface area contributed by atoms with Crippen molar-refractivity contribution in [2.45, 2.75) is 16.6 Å². The molecule has 1 atom stereocenters. The third-order valence-electron chi connectivity index (χ3n) is 2.49. The van der Waals surface area contributed by atoms with Crippen LogP contribution < -0.4 is 11.3 Å². The van der Waals surface area contributed by atoms with Crippen LogP contribution in [0.25, 0.3) is 0 Å². The summed E-state index contributed by atoms with van der Waals surface area (Å²) in [5.74, 6) is 3.05. The van der Waals surface area contributed by atoms with Crippen molar-refractivity contribution < 1.29 is 22.4 Å². The van der Waals surface area contributed by atoms with Crippen LogP contribution in [0.4, 0.5) is 4.39 Å². The Morgan fingerprint density at radius 2 is 1.89 bits per heavy atom. The second-order valence-electron chi connectivity index (χ2n) is 3.66. The van der Waals surface area contributed by atoms with Gasteiger partial charge in [-0.15, -0.1) is 0 Å². The van der Waals surface area contributed by atoms with E-state index in [2.05, 4.69) is 0 Å². The molecule has 0 heterocycles. The van der Waals surface area contributed by atoms with E-state index in [1.165, 1.54) is 0 Å². The van der Waals surface area contributed by atoms with E-state index in [1.54, 1.807) is 5.43 Å². The molecule has 1 unspecified atom stereocenters. The Balaban J connectivity index is 3.40. The number of carbonyl (C=O) groups excluding carboxylic acids is 2. The number of nitrogens with one attached hydrogen (secondary N) is 1. The van der Waals surface area contributed by atoms with E-state index in [9.17, 15) is 22.4 Å². The zero-order valence-corrected chi connectivity index (χ0v) is 10.2. The maximum atomic E-state index is 12.7. The molecule has 0 fully saturated rings. The van der Waals surface area contributed by atoms with E-state index in [4.69, 9.17) is 5.84 Å². The molecule has 3 N–H and O–H groups in total. The summed E-state index contributed by atoms with van der Waals surface area (Å²) in [5, 5.41) is 0. The van der Waals surface area contributed by atoms with Crippen molar-refractivity contribution in [2.24, 2.45) is 5.84 Å². The molecule has 0 saturated heterocycles. The Bertz CT molecular complexity index is 570. The van der Waals surface area contributed by atoms with E-state index in [1.807, 2.05) is 0 Å². The molecule has 6 nitrogen and oxygen atoms in total. The van der Waals surface area contributed by atoms with E-state index < -0.39 is 26.3 Å². The predicted molar refractivity (Wildman–Crippen MR) is 60.4 cm³/mol. The molecule has 1 amide bonds. The van der Waals surface area contributed by atoms with Gasteiger partial charge in [0.05, 0.1) is 4.90 Å². The number of nitrogens with two attached hydrogens (primary N) is 1. The van der Waals surface area contributed by atoms with Crippen LogP contribution in [-0.2, 0) is 19.4 Å². The summed E-state index contributed by atoms with van der Waals surface area (Å²) in [6.07, 6.45) is -0.0200. The normalized spacial score (nSPS) is 14.6. The first-order valence-electron chi connectivity index (χ1n) is 4.77. The quantitative estimate of drug-likeness (QED) is 0.193. The number of amides is 1. The summed E-state index contributed by atoms with van der Waals surface area (Å²) in [6.45, 7) is 0.918. The van der Waals surface area contributed by atoms with Crippen LogP contribution in [0.3, 0.4) is 0 Å². The van der Waals surface area contributed by atoms with Crippen molar-refractivity contribution in [3.63, 3.8) is 0 Å². The Morgan fingerprint density at radius 3 is 2.28 bits per heavy atom. The average molecular weight is 274 g/mol. The van der Waals surface area contributed by atoms with Crippen LogP contribution in [0.5, 0.6) is 0 Å². The molecule has 1 rings (SSSR count). The van der Waals surface area contributed by atoms with Gasteiger partial charge in [-0.1, -0.05) is 0 Å². The largest absolute Gasteiger partial charge is 0.301 e. The molecule has 1 aromatic rings. The molecular weight excluding hydrogens is 263 g/mol. The van der Waals surface area contributed by atoms with E-state index >= 15 is 0 Å². The number of hydrazine groups is 1. The fourth-order valence-electron chi connectivity index (χ4n) is 1.24. The van der Waals surface area contributed by atoms with Crippen molar-refractivity contribution in [1.82, 2.24) is 5.43 Å². The lowest BCUT2D eigenvalue weighted by Gasteiger charge is -2.21. The zero-order chi connectivity index (χ0) is 14.0. The van der Waals surface area contributed by atoms with Gasteiger partial charge in [0.25, 0.3) is 5.91 Å². The maximum absolute atomic E-state index is 12.7. The number of benzene rings is 1. The van der Waals surface area contributed by atoms with E-state index in [0.29, 0.717) is 0 Å². The van der Waals surface area contributed by atoms with Crippen molar-refractivity contribution in [1.29, 1.82) is 0 Å². The number of hydrogen-bond donors (Lipinski definition) is 2.